The maximum atomic E-state index is 13.3. The summed E-state index contributed by atoms with van der Waals surface area (Å²) < 4.78 is 29.5. The lowest BCUT2D eigenvalue weighted by Gasteiger charge is -2.36. The fourth-order valence-electron chi connectivity index (χ4n) is 5.02. The topological polar surface area (TPSA) is 92.4 Å². The monoisotopic (exact) mass is 528 g/mol. The van der Waals surface area contributed by atoms with Gasteiger partial charge >= 0.3 is 0 Å². The molecule has 2 aliphatic heterocycles. The van der Waals surface area contributed by atoms with E-state index in [1.165, 1.54) is 24.3 Å². The maximum absolute atomic E-state index is 13.3. The number of nitrogens with zero attached hydrogens (tertiary/aromatic N) is 2. The summed E-state index contributed by atoms with van der Waals surface area (Å²) in [6.45, 7) is 6.07. The van der Waals surface area contributed by atoms with E-state index in [9.17, 15) is 14.0 Å². The molecule has 2 fully saturated rings. The van der Waals surface area contributed by atoms with Gasteiger partial charge in [-0.2, -0.15) is 0 Å². The minimum Gasteiger partial charge on any atom is -0.493 e. The van der Waals surface area contributed by atoms with E-state index in [-0.39, 0.29) is 23.5 Å². The number of nitrogens with one attached hydrogen (secondary N) is 2. The number of piperidine rings is 1. The molecule has 4 rings (SSSR count). The Morgan fingerprint density at radius 2 is 1.63 bits per heavy atom. The van der Waals surface area contributed by atoms with Crippen LogP contribution in [-0.4, -0.2) is 88.3 Å². The van der Waals surface area contributed by atoms with Crippen LogP contribution in [0, 0.1) is 17.7 Å². The van der Waals surface area contributed by atoms with E-state index in [2.05, 4.69) is 20.4 Å². The van der Waals surface area contributed by atoms with E-state index in [1.54, 1.807) is 14.2 Å². The number of hydrogen-bond acceptors (Lipinski definition) is 7. The Bertz CT molecular complexity index is 1080. The van der Waals surface area contributed by atoms with Crippen LogP contribution >= 0.6 is 0 Å². The van der Waals surface area contributed by atoms with Gasteiger partial charge in [0.05, 0.1) is 39.3 Å². The first kappa shape index (κ1) is 27.8. The van der Waals surface area contributed by atoms with Crippen molar-refractivity contribution in [1.29, 1.82) is 0 Å². The molecule has 0 unspecified atom stereocenters. The third kappa shape index (κ3) is 7.66. The molecule has 0 aromatic heterocycles. The first-order valence-electron chi connectivity index (χ1n) is 13.0. The minimum atomic E-state index is -0.399. The van der Waals surface area contributed by atoms with Gasteiger partial charge in [-0.15, -0.1) is 0 Å². The number of halogens is 1. The number of carbonyl (C=O) groups is 2. The molecule has 0 saturated carbocycles. The molecule has 2 aromatic rings. The zero-order chi connectivity index (χ0) is 26.9. The molecule has 0 bridgehead atoms. The van der Waals surface area contributed by atoms with Gasteiger partial charge in [-0.3, -0.25) is 19.4 Å². The molecule has 0 spiro atoms. The first-order valence-corrected chi connectivity index (χ1v) is 13.0. The zero-order valence-electron chi connectivity index (χ0n) is 22.1. The predicted molar refractivity (Wildman–Crippen MR) is 142 cm³/mol. The maximum Gasteiger partial charge on any atom is 0.228 e. The number of likely N-dealkylation sites (tertiary alicyclic amines) is 1. The highest BCUT2D eigenvalue weighted by atomic mass is 19.1. The Hall–Kier alpha value is -3.21. The van der Waals surface area contributed by atoms with Crippen molar-refractivity contribution in [3.63, 3.8) is 0 Å². The van der Waals surface area contributed by atoms with Crippen LogP contribution in [0.25, 0.3) is 0 Å². The van der Waals surface area contributed by atoms with Crippen molar-refractivity contribution < 1.29 is 28.2 Å². The van der Waals surface area contributed by atoms with Crippen molar-refractivity contribution >= 4 is 17.5 Å². The highest BCUT2D eigenvalue weighted by Crippen LogP contribution is 2.30. The number of methoxy groups -OCH3 is 2. The van der Waals surface area contributed by atoms with Crippen LogP contribution in [0.4, 0.5) is 10.1 Å². The number of carbonyl (C=O) groups excluding carboxylic acids is 2. The van der Waals surface area contributed by atoms with Crippen LogP contribution in [0.5, 0.6) is 11.5 Å². The molecule has 2 atom stereocenters. The quantitative estimate of drug-likeness (QED) is 0.489. The number of amides is 2. The van der Waals surface area contributed by atoms with Gasteiger partial charge in [-0.1, -0.05) is 6.07 Å². The average Bonchev–Trinajstić information content (AvgIpc) is 2.94. The Kier molecular flexibility index (Phi) is 9.91. The van der Waals surface area contributed by atoms with E-state index >= 15 is 0 Å². The lowest BCUT2D eigenvalue weighted by atomic mass is 9.87. The summed E-state index contributed by atoms with van der Waals surface area (Å²) in [5.74, 6) is -0.0550. The molecule has 38 heavy (non-hydrogen) atoms. The number of morpholine rings is 1. The molecule has 2 amide bonds. The van der Waals surface area contributed by atoms with Crippen LogP contribution in [0.2, 0.25) is 0 Å². The van der Waals surface area contributed by atoms with Gasteiger partial charge in [0.2, 0.25) is 11.8 Å². The molecule has 2 saturated heterocycles. The van der Waals surface area contributed by atoms with E-state index < -0.39 is 5.92 Å². The van der Waals surface area contributed by atoms with Gasteiger partial charge in [0.1, 0.15) is 5.82 Å². The summed E-state index contributed by atoms with van der Waals surface area (Å²) in [5, 5.41) is 5.96. The van der Waals surface area contributed by atoms with Crippen molar-refractivity contribution in [2.45, 2.75) is 13.0 Å². The van der Waals surface area contributed by atoms with Crippen molar-refractivity contribution in [3.8, 4) is 11.5 Å². The van der Waals surface area contributed by atoms with Crippen molar-refractivity contribution in [3.05, 3.63) is 53.8 Å². The number of ether oxygens (including phenoxy) is 3. The summed E-state index contributed by atoms with van der Waals surface area (Å²) in [6, 6.07) is 11.4. The third-order valence-corrected chi connectivity index (χ3v) is 7.06. The fourth-order valence-corrected chi connectivity index (χ4v) is 5.02. The second-order valence-electron chi connectivity index (χ2n) is 9.75. The zero-order valence-corrected chi connectivity index (χ0v) is 22.1. The molecule has 9 nitrogen and oxygen atoms in total. The Balaban J connectivity index is 1.43. The fraction of sp³-hybridized carbons (Fsp3) is 0.500. The molecule has 2 N–H and O–H groups in total. The third-order valence-electron chi connectivity index (χ3n) is 7.06. The highest BCUT2D eigenvalue weighted by Gasteiger charge is 2.35. The number of anilines is 1. The molecule has 2 aliphatic rings. The van der Waals surface area contributed by atoms with Gasteiger partial charge in [0, 0.05) is 51.5 Å². The largest absolute Gasteiger partial charge is 0.493 e. The molecule has 0 radical (unpaired) electrons. The van der Waals surface area contributed by atoms with Gasteiger partial charge in [0.25, 0.3) is 0 Å². The number of rotatable bonds is 10. The average molecular weight is 529 g/mol. The van der Waals surface area contributed by atoms with Crippen LogP contribution < -0.4 is 20.1 Å². The van der Waals surface area contributed by atoms with Gasteiger partial charge in [0.15, 0.2) is 11.5 Å². The van der Waals surface area contributed by atoms with Crippen LogP contribution in [0.3, 0.4) is 0 Å². The molecule has 2 heterocycles. The lowest BCUT2D eigenvalue weighted by molar-refractivity contribution is -0.130. The van der Waals surface area contributed by atoms with E-state index in [0.29, 0.717) is 63.0 Å². The molecular formula is C28H37FN4O5. The summed E-state index contributed by atoms with van der Waals surface area (Å²) >= 11 is 0. The number of hydrogen-bond donors (Lipinski definition) is 2. The summed E-state index contributed by atoms with van der Waals surface area (Å²) in [5.41, 5.74) is 1.52. The second-order valence-corrected chi connectivity index (χ2v) is 9.75. The van der Waals surface area contributed by atoms with E-state index in [1.807, 2.05) is 18.2 Å². The van der Waals surface area contributed by atoms with Crippen molar-refractivity contribution in [2.24, 2.45) is 11.8 Å². The molecule has 206 valence electrons. The van der Waals surface area contributed by atoms with E-state index in [4.69, 9.17) is 14.2 Å². The minimum absolute atomic E-state index is 0.0464. The van der Waals surface area contributed by atoms with Gasteiger partial charge in [-0.05, 0) is 48.4 Å². The van der Waals surface area contributed by atoms with Gasteiger partial charge in [-0.25, -0.2) is 4.39 Å². The van der Waals surface area contributed by atoms with Crippen molar-refractivity contribution in [2.75, 3.05) is 72.0 Å². The van der Waals surface area contributed by atoms with Crippen LogP contribution in [-0.2, 0) is 20.9 Å². The van der Waals surface area contributed by atoms with Crippen LogP contribution in [0.1, 0.15) is 12.0 Å². The van der Waals surface area contributed by atoms with Crippen molar-refractivity contribution in [1.82, 2.24) is 15.1 Å². The predicted octanol–water partition coefficient (Wildman–Crippen LogP) is 2.37. The summed E-state index contributed by atoms with van der Waals surface area (Å²) in [4.78, 5) is 30.8. The SMILES string of the molecule is COc1ccc(CN2C[C@@H](C(=O)NCCN3CCOCC3)C[C@@H](C(=O)Nc3ccc(F)cc3)C2)cc1OC. The highest BCUT2D eigenvalue weighted by molar-refractivity contribution is 5.93. The Morgan fingerprint density at radius 1 is 0.947 bits per heavy atom. The lowest BCUT2D eigenvalue weighted by Crippen LogP contribution is -2.50. The summed E-state index contributed by atoms with van der Waals surface area (Å²) in [7, 11) is 3.18. The smallest absolute Gasteiger partial charge is 0.228 e. The normalized spacial score (nSPS) is 20.5. The summed E-state index contributed by atoms with van der Waals surface area (Å²) in [6.07, 6.45) is 0.443. The van der Waals surface area contributed by atoms with Crippen LogP contribution in [0.15, 0.2) is 42.5 Å². The molecule has 2 aromatic carbocycles. The second kappa shape index (κ2) is 13.5. The first-order chi connectivity index (χ1) is 18.4. The molecule has 10 heteroatoms. The standard InChI is InChI=1S/C28H37FN4O5/c1-36-25-8-3-20(15-26(25)37-2)17-33-18-21(27(34)30-9-10-32-11-13-38-14-12-32)16-22(19-33)28(35)31-24-6-4-23(29)5-7-24/h3-8,15,21-22H,9-14,16-19H2,1-2H3,(H,30,34)(H,31,35)/t21-,22+/m0/s1. The number of benzene rings is 2. The van der Waals surface area contributed by atoms with Gasteiger partial charge < -0.3 is 24.8 Å². The molecule has 0 aliphatic carbocycles. The molecular weight excluding hydrogens is 491 g/mol. The van der Waals surface area contributed by atoms with E-state index in [0.717, 1.165) is 25.2 Å². The Morgan fingerprint density at radius 3 is 2.32 bits per heavy atom. The Labute approximate surface area is 223 Å².